The van der Waals surface area contributed by atoms with Crippen LogP contribution in [0.3, 0.4) is 0 Å². The fourth-order valence-corrected chi connectivity index (χ4v) is 2.53. The van der Waals surface area contributed by atoms with Crippen molar-refractivity contribution in [3.8, 4) is 0 Å². The molecule has 17 heavy (non-hydrogen) atoms. The van der Waals surface area contributed by atoms with E-state index < -0.39 is 9.84 Å². The summed E-state index contributed by atoms with van der Waals surface area (Å²) in [6, 6.07) is 7.22. The highest BCUT2D eigenvalue weighted by Gasteiger charge is 2.18. The van der Waals surface area contributed by atoms with E-state index in [0.29, 0.717) is 4.90 Å². The number of benzene rings is 1. The molecule has 0 heterocycles. The average molecular weight is 255 g/mol. The Morgan fingerprint density at radius 3 is 2.06 bits per heavy atom. The molecule has 0 amide bonds. The van der Waals surface area contributed by atoms with Gasteiger partial charge in [-0.1, -0.05) is 12.1 Å². The van der Waals surface area contributed by atoms with Gasteiger partial charge in [-0.05, 0) is 52.1 Å². The molecule has 4 heteroatoms. The standard InChI is InChI=1S/C13H21NO2S/c1-11(2)17(15,16)13-7-5-12(6-8-13)9-10-14(3)4/h5-8,11H,9-10H2,1-4H3. The van der Waals surface area contributed by atoms with E-state index in [2.05, 4.69) is 4.90 Å². The molecule has 0 aliphatic rings. The van der Waals surface area contributed by atoms with Crippen LogP contribution in [0.5, 0.6) is 0 Å². The van der Waals surface area contributed by atoms with E-state index in [9.17, 15) is 8.42 Å². The van der Waals surface area contributed by atoms with Crippen LogP contribution in [-0.4, -0.2) is 39.2 Å². The fourth-order valence-electron chi connectivity index (χ4n) is 1.47. The van der Waals surface area contributed by atoms with Gasteiger partial charge in [0.05, 0.1) is 10.1 Å². The quantitative estimate of drug-likeness (QED) is 0.807. The number of hydrogen-bond donors (Lipinski definition) is 0. The molecule has 0 bridgehead atoms. The van der Waals surface area contributed by atoms with Gasteiger partial charge in [-0.15, -0.1) is 0 Å². The molecular formula is C13H21NO2S. The van der Waals surface area contributed by atoms with Crippen LogP contribution in [0.15, 0.2) is 29.2 Å². The van der Waals surface area contributed by atoms with Crippen LogP contribution >= 0.6 is 0 Å². The Bertz CT molecular complexity index is 447. The Hall–Kier alpha value is -0.870. The summed E-state index contributed by atoms with van der Waals surface area (Å²) in [6.45, 7) is 4.38. The minimum Gasteiger partial charge on any atom is -0.309 e. The van der Waals surface area contributed by atoms with Crippen molar-refractivity contribution in [1.82, 2.24) is 4.90 Å². The zero-order valence-electron chi connectivity index (χ0n) is 11.0. The van der Waals surface area contributed by atoms with Crippen molar-refractivity contribution >= 4 is 9.84 Å². The molecule has 0 N–H and O–H groups in total. The van der Waals surface area contributed by atoms with Crippen molar-refractivity contribution in [1.29, 1.82) is 0 Å². The predicted octanol–water partition coefficient (Wildman–Crippen LogP) is 1.97. The highest BCUT2D eigenvalue weighted by atomic mass is 32.2. The van der Waals surface area contributed by atoms with E-state index in [4.69, 9.17) is 0 Å². The van der Waals surface area contributed by atoms with Gasteiger partial charge in [0.15, 0.2) is 9.84 Å². The summed E-state index contributed by atoms with van der Waals surface area (Å²) in [5.41, 5.74) is 1.17. The Kier molecular flexibility index (Phi) is 4.71. The summed E-state index contributed by atoms with van der Waals surface area (Å²) in [4.78, 5) is 2.53. The lowest BCUT2D eigenvalue weighted by atomic mass is 10.1. The van der Waals surface area contributed by atoms with Gasteiger partial charge < -0.3 is 4.90 Å². The summed E-state index contributed by atoms with van der Waals surface area (Å²) < 4.78 is 23.8. The Morgan fingerprint density at radius 1 is 1.12 bits per heavy atom. The largest absolute Gasteiger partial charge is 0.309 e. The Balaban J connectivity index is 2.82. The molecule has 0 fully saturated rings. The van der Waals surface area contributed by atoms with Crippen LogP contribution in [0.4, 0.5) is 0 Å². The van der Waals surface area contributed by atoms with Gasteiger partial charge in [-0.3, -0.25) is 0 Å². The van der Waals surface area contributed by atoms with Crippen LogP contribution < -0.4 is 0 Å². The first kappa shape index (κ1) is 14.2. The second-order valence-corrected chi connectivity index (χ2v) is 7.30. The molecule has 0 aliphatic heterocycles. The van der Waals surface area contributed by atoms with Gasteiger partial charge in [0.1, 0.15) is 0 Å². The molecular weight excluding hydrogens is 234 g/mol. The first-order valence-electron chi connectivity index (χ1n) is 5.81. The zero-order valence-corrected chi connectivity index (χ0v) is 11.8. The van der Waals surface area contributed by atoms with Crippen molar-refractivity contribution in [2.45, 2.75) is 30.4 Å². The number of nitrogens with zero attached hydrogens (tertiary/aromatic N) is 1. The smallest absolute Gasteiger partial charge is 0.180 e. The maximum absolute atomic E-state index is 11.9. The summed E-state index contributed by atoms with van der Waals surface area (Å²) >= 11 is 0. The highest BCUT2D eigenvalue weighted by Crippen LogP contribution is 2.16. The van der Waals surface area contributed by atoms with Crippen molar-refractivity contribution < 1.29 is 8.42 Å². The van der Waals surface area contributed by atoms with E-state index in [1.807, 2.05) is 26.2 Å². The topological polar surface area (TPSA) is 37.4 Å². The third kappa shape index (κ3) is 3.82. The molecule has 0 saturated heterocycles. The van der Waals surface area contributed by atoms with Crippen LogP contribution in [0.25, 0.3) is 0 Å². The second kappa shape index (κ2) is 5.65. The van der Waals surface area contributed by atoms with Crippen molar-refractivity contribution in [2.24, 2.45) is 0 Å². The van der Waals surface area contributed by atoms with E-state index in [1.165, 1.54) is 5.56 Å². The molecule has 0 spiro atoms. The average Bonchev–Trinajstić information content (AvgIpc) is 2.26. The van der Waals surface area contributed by atoms with Crippen LogP contribution in [-0.2, 0) is 16.3 Å². The van der Waals surface area contributed by atoms with Gasteiger partial charge in [-0.25, -0.2) is 8.42 Å². The van der Waals surface area contributed by atoms with E-state index in [0.717, 1.165) is 13.0 Å². The minimum atomic E-state index is -3.14. The molecule has 96 valence electrons. The third-order valence-electron chi connectivity index (χ3n) is 2.72. The number of likely N-dealkylation sites (N-methyl/N-ethyl adjacent to an activating group) is 1. The lowest BCUT2D eigenvalue weighted by Crippen LogP contribution is -2.16. The monoisotopic (exact) mass is 255 g/mol. The Morgan fingerprint density at radius 2 is 1.65 bits per heavy atom. The molecule has 0 radical (unpaired) electrons. The molecule has 1 aromatic rings. The van der Waals surface area contributed by atoms with Crippen LogP contribution in [0.1, 0.15) is 19.4 Å². The first-order chi connectivity index (χ1) is 7.84. The normalized spacial score (nSPS) is 12.4. The molecule has 0 atom stereocenters. The number of rotatable bonds is 5. The van der Waals surface area contributed by atoms with Gasteiger partial charge in [0.2, 0.25) is 0 Å². The first-order valence-corrected chi connectivity index (χ1v) is 7.36. The van der Waals surface area contributed by atoms with Crippen LogP contribution in [0.2, 0.25) is 0 Å². The van der Waals surface area contributed by atoms with Crippen molar-refractivity contribution in [3.05, 3.63) is 29.8 Å². The molecule has 1 aromatic carbocycles. The van der Waals surface area contributed by atoms with E-state index in [1.54, 1.807) is 26.0 Å². The fraction of sp³-hybridized carbons (Fsp3) is 0.538. The SMILES string of the molecule is CC(C)S(=O)(=O)c1ccc(CCN(C)C)cc1. The molecule has 3 nitrogen and oxygen atoms in total. The van der Waals surface area contributed by atoms with E-state index >= 15 is 0 Å². The lowest BCUT2D eigenvalue weighted by Gasteiger charge is -2.11. The highest BCUT2D eigenvalue weighted by molar-refractivity contribution is 7.92. The molecule has 0 saturated carbocycles. The van der Waals surface area contributed by atoms with Crippen LogP contribution in [0, 0.1) is 0 Å². The second-order valence-electron chi connectivity index (χ2n) is 4.79. The predicted molar refractivity (Wildman–Crippen MR) is 71.0 cm³/mol. The third-order valence-corrected chi connectivity index (χ3v) is 4.89. The number of sulfone groups is 1. The van der Waals surface area contributed by atoms with Crippen molar-refractivity contribution in [2.75, 3.05) is 20.6 Å². The van der Waals surface area contributed by atoms with Crippen molar-refractivity contribution in [3.63, 3.8) is 0 Å². The van der Waals surface area contributed by atoms with E-state index in [-0.39, 0.29) is 5.25 Å². The molecule has 0 unspecified atom stereocenters. The zero-order chi connectivity index (χ0) is 13.1. The minimum absolute atomic E-state index is 0.366. The number of hydrogen-bond acceptors (Lipinski definition) is 3. The molecule has 1 rings (SSSR count). The lowest BCUT2D eigenvalue weighted by molar-refractivity contribution is 0.413. The summed E-state index contributed by atoms with van der Waals surface area (Å²) in [5.74, 6) is 0. The van der Waals surface area contributed by atoms with Gasteiger partial charge in [0, 0.05) is 6.54 Å². The molecule has 0 aromatic heterocycles. The molecule has 0 aliphatic carbocycles. The van der Waals surface area contributed by atoms with Gasteiger partial charge in [-0.2, -0.15) is 0 Å². The summed E-state index contributed by atoms with van der Waals surface area (Å²) in [7, 11) is 0.915. The summed E-state index contributed by atoms with van der Waals surface area (Å²) in [6.07, 6.45) is 0.939. The Labute approximate surface area is 104 Å². The summed E-state index contributed by atoms with van der Waals surface area (Å²) in [5, 5.41) is -0.366. The van der Waals surface area contributed by atoms with Gasteiger partial charge in [0.25, 0.3) is 0 Å². The maximum Gasteiger partial charge on any atom is 0.180 e. The maximum atomic E-state index is 11.9. The van der Waals surface area contributed by atoms with Gasteiger partial charge >= 0.3 is 0 Å².